The van der Waals surface area contributed by atoms with Crippen molar-refractivity contribution in [2.75, 3.05) is 0 Å². The average molecular weight is 621 g/mol. The molecule has 0 saturated heterocycles. The number of hydrogen-bond donors (Lipinski definition) is 1. The second-order valence-corrected chi connectivity index (χ2v) is 14.2. The van der Waals surface area contributed by atoms with E-state index in [2.05, 4.69) is 6.92 Å². The smallest absolute Gasteiger partial charge is 0.303 e. The van der Waals surface area contributed by atoms with Crippen molar-refractivity contribution >= 4 is 11.8 Å². The molecule has 0 saturated carbocycles. The van der Waals surface area contributed by atoms with Crippen LogP contribution in [0.3, 0.4) is 0 Å². The zero-order valence-electron chi connectivity index (χ0n) is 30.1. The Balaban J connectivity index is 3.15. The summed E-state index contributed by atoms with van der Waals surface area (Å²) in [4.78, 5) is 22.7. The number of hydrogen-bond acceptors (Lipinski definition) is 2. The summed E-state index contributed by atoms with van der Waals surface area (Å²) in [5.74, 6) is -0.158. The molecule has 0 bridgehead atoms. The zero-order chi connectivity index (χ0) is 32.0. The predicted molar refractivity (Wildman–Crippen MR) is 194 cm³/mol. The number of aliphatic carboxylic acids is 1. The summed E-state index contributed by atoms with van der Waals surface area (Å²) < 4.78 is 0. The first-order valence-corrected chi connectivity index (χ1v) is 20.4. The highest BCUT2D eigenvalue weighted by atomic mass is 16.4. The van der Waals surface area contributed by atoms with Crippen molar-refractivity contribution in [3.63, 3.8) is 0 Å². The summed E-state index contributed by atoms with van der Waals surface area (Å²) in [6, 6.07) is 0. The van der Waals surface area contributed by atoms with Crippen LogP contribution in [-0.4, -0.2) is 16.9 Å². The normalized spacial score (nSPS) is 11.4. The molecule has 0 heterocycles. The van der Waals surface area contributed by atoms with E-state index >= 15 is 0 Å². The highest BCUT2D eigenvalue weighted by Gasteiger charge is 2.03. The Morgan fingerprint density at radius 1 is 0.295 bits per heavy atom. The van der Waals surface area contributed by atoms with E-state index in [0.29, 0.717) is 12.2 Å². The van der Waals surface area contributed by atoms with Crippen molar-refractivity contribution in [1.82, 2.24) is 0 Å². The number of Topliss-reactive ketones (excluding diaryl/α,β-unsaturated/α-hetero) is 1. The Morgan fingerprint density at radius 2 is 0.477 bits per heavy atom. The maximum atomic E-state index is 12.2. The first-order chi connectivity index (χ1) is 21.7. The van der Waals surface area contributed by atoms with Gasteiger partial charge in [-0.2, -0.15) is 0 Å². The Morgan fingerprint density at radius 3 is 0.682 bits per heavy atom. The lowest BCUT2D eigenvalue weighted by Crippen LogP contribution is -1.97. The number of carboxylic acid groups (broad SMARTS) is 1. The van der Waals surface area contributed by atoms with E-state index < -0.39 is 5.97 Å². The van der Waals surface area contributed by atoms with Crippen LogP contribution in [-0.2, 0) is 9.59 Å². The molecule has 0 aliphatic carbocycles. The van der Waals surface area contributed by atoms with Crippen LogP contribution in [0.25, 0.3) is 0 Å². The molecule has 0 unspecified atom stereocenters. The molecule has 262 valence electrons. The van der Waals surface area contributed by atoms with E-state index in [1.165, 1.54) is 199 Å². The van der Waals surface area contributed by atoms with E-state index in [1.54, 1.807) is 0 Å². The molecule has 0 spiro atoms. The van der Waals surface area contributed by atoms with E-state index in [1.807, 2.05) is 0 Å². The molecule has 0 rings (SSSR count). The highest BCUT2D eigenvalue weighted by molar-refractivity contribution is 5.78. The van der Waals surface area contributed by atoms with Gasteiger partial charge in [0.2, 0.25) is 0 Å². The van der Waals surface area contributed by atoms with E-state index in [9.17, 15) is 9.59 Å². The fourth-order valence-electron chi connectivity index (χ4n) is 6.60. The minimum Gasteiger partial charge on any atom is -0.481 e. The second-order valence-electron chi connectivity index (χ2n) is 14.2. The minimum atomic E-state index is -0.662. The summed E-state index contributed by atoms with van der Waals surface area (Å²) in [6.07, 6.45) is 48.9. The molecule has 0 aliphatic heterocycles. The van der Waals surface area contributed by atoms with Gasteiger partial charge in [0, 0.05) is 19.3 Å². The molecule has 0 aromatic carbocycles. The minimum absolute atomic E-state index is 0.329. The molecule has 0 fully saturated rings. The standard InChI is InChI=1S/C41H80O3/c1-2-3-4-5-6-7-8-9-10-11-12-13-14-15-16-19-22-25-28-31-34-37-40(42)38-35-32-29-26-23-20-17-18-21-24-27-30-33-36-39-41(43)44/h2-39H2,1H3,(H,43,44). The Bertz CT molecular complexity index is 572. The zero-order valence-corrected chi connectivity index (χ0v) is 30.1. The molecular weight excluding hydrogens is 540 g/mol. The fourth-order valence-corrected chi connectivity index (χ4v) is 6.60. The number of carbonyl (C=O) groups is 2. The lowest BCUT2D eigenvalue weighted by atomic mass is 10.0. The second kappa shape index (κ2) is 38.3. The van der Waals surface area contributed by atoms with Crippen LogP contribution in [0.4, 0.5) is 0 Å². The maximum Gasteiger partial charge on any atom is 0.303 e. The van der Waals surface area contributed by atoms with Gasteiger partial charge in [0.05, 0.1) is 0 Å². The van der Waals surface area contributed by atoms with E-state index in [0.717, 1.165) is 38.5 Å². The first kappa shape index (κ1) is 43.1. The van der Waals surface area contributed by atoms with Crippen molar-refractivity contribution in [2.45, 2.75) is 251 Å². The van der Waals surface area contributed by atoms with Gasteiger partial charge >= 0.3 is 5.97 Å². The predicted octanol–water partition coefficient (Wildman–Crippen LogP) is 14.5. The SMILES string of the molecule is CCCCCCCCCCCCCCCCCCCCCCCC(=O)CCCCCCCCCCCCCCCCC(=O)O. The third-order valence-corrected chi connectivity index (χ3v) is 9.66. The van der Waals surface area contributed by atoms with Gasteiger partial charge in [-0.05, 0) is 19.3 Å². The quantitative estimate of drug-likeness (QED) is 0.0695. The maximum absolute atomic E-state index is 12.2. The summed E-state index contributed by atoms with van der Waals surface area (Å²) in [5, 5.41) is 8.64. The van der Waals surface area contributed by atoms with E-state index in [4.69, 9.17) is 5.11 Å². The van der Waals surface area contributed by atoms with Crippen LogP contribution < -0.4 is 0 Å². The van der Waals surface area contributed by atoms with Gasteiger partial charge in [0.1, 0.15) is 5.78 Å². The molecule has 0 aromatic heterocycles. The van der Waals surface area contributed by atoms with Crippen molar-refractivity contribution in [1.29, 1.82) is 0 Å². The van der Waals surface area contributed by atoms with Gasteiger partial charge < -0.3 is 5.11 Å². The Labute approximate surface area is 276 Å². The van der Waals surface area contributed by atoms with Gasteiger partial charge in [-0.1, -0.05) is 212 Å². The summed E-state index contributed by atoms with van der Waals surface area (Å²) in [7, 11) is 0. The Kier molecular flexibility index (Phi) is 37.6. The number of unbranched alkanes of at least 4 members (excludes halogenated alkanes) is 33. The number of ketones is 1. The molecule has 0 atom stereocenters. The molecule has 0 aromatic rings. The molecular formula is C41H80O3. The van der Waals surface area contributed by atoms with Crippen molar-refractivity contribution in [3.05, 3.63) is 0 Å². The van der Waals surface area contributed by atoms with Gasteiger partial charge in [0.15, 0.2) is 0 Å². The van der Waals surface area contributed by atoms with Gasteiger partial charge in [-0.3, -0.25) is 9.59 Å². The lowest BCUT2D eigenvalue weighted by Gasteiger charge is -2.05. The van der Waals surface area contributed by atoms with Crippen molar-refractivity contribution in [3.8, 4) is 0 Å². The van der Waals surface area contributed by atoms with Crippen LogP contribution in [0.15, 0.2) is 0 Å². The molecule has 0 amide bonds. The van der Waals surface area contributed by atoms with Crippen LogP contribution >= 0.6 is 0 Å². The monoisotopic (exact) mass is 621 g/mol. The number of carbonyl (C=O) groups excluding carboxylic acids is 1. The molecule has 0 aliphatic rings. The van der Waals surface area contributed by atoms with Crippen LogP contribution in [0, 0.1) is 0 Å². The molecule has 1 N–H and O–H groups in total. The van der Waals surface area contributed by atoms with Crippen LogP contribution in [0.2, 0.25) is 0 Å². The molecule has 44 heavy (non-hydrogen) atoms. The third-order valence-electron chi connectivity index (χ3n) is 9.66. The Hall–Kier alpha value is -0.860. The number of rotatable bonds is 39. The van der Waals surface area contributed by atoms with Crippen LogP contribution in [0.5, 0.6) is 0 Å². The van der Waals surface area contributed by atoms with Gasteiger partial charge in [-0.25, -0.2) is 0 Å². The highest BCUT2D eigenvalue weighted by Crippen LogP contribution is 2.17. The van der Waals surface area contributed by atoms with Crippen LogP contribution in [0.1, 0.15) is 251 Å². The largest absolute Gasteiger partial charge is 0.481 e. The fraction of sp³-hybridized carbons (Fsp3) is 0.951. The summed E-state index contributed by atoms with van der Waals surface area (Å²) >= 11 is 0. The van der Waals surface area contributed by atoms with Gasteiger partial charge in [0.25, 0.3) is 0 Å². The molecule has 0 radical (unpaired) electrons. The third kappa shape index (κ3) is 39.2. The van der Waals surface area contributed by atoms with Gasteiger partial charge in [-0.15, -0.1) is 0 Å². The topological polar surface area (TPSA) is 54.4 Å². The molecule has 3 nitrogen and oxygen atoms in total. The molecule has 3 heteroatoms. The summed E-state index contributed by atoms with van der Waals surface area (Å²) in [6.45, 7) is 2.30. The first-order valence-electron chi connectivity index (χ1n) is 20.4. The van der Waals surface area contributed by atoms with Crippen molar-refractivity contribution in [2.24, 2.45) is 0 Å². The van der Waals surface area contributed by atoms with E-state index in [-0.39, 0.29) is 0 Å². The average Bonchev–Trinajstić information content (AvgIpc) is 3.01. The number of carboxylic acids is 1. The lowest BCUT2D eigenvalue weighted by molar-refractivity contribution is -0.137. The van der Waals surface area contributed by atoms with Crippen molar-refractivity contribution < 1.29 is 14.7 Å². The summed E-state index contributed by atoms with van der Waals surface area (Å²) in [5.41, 5.74) is 0.